The molecule has 3 atom stereocenters. The van der Waals surface area contributed by atoms with Gasteiger partial charge in [-0.25, -0.2) is 0 Å². The summed E-state index contributed by atoms with van der Waals surface area (Å²) in [5, 5.41) is 39.0. The summed E-state index contributed by atoms with van der Waals surface area (Å²) in [6.45, 7) is 13.9. The maximum atomic E-state index is 12.8. The van der Waals surface area contributed by atoms with E-state index in [0.717, 1.165) is 66.5 Å². The SMILES string of the molecule is C.Cc1sc2c(c1C)C(c1ccc(Cl)cc1)=NC(CC(=O)OC/C(Br)=C(\Br)CO)c1nnc(C)n1-2.Cc1sc2c(c1C)C(c1ccc(Cl)cc1)=NC(CC(=O)OCC(C)CO)c1nnc(C)n1-2. The first kappa shape index (κ1) is 52.0. The maximum absolute atomic E-state index is 12.8. The van der Waals surface area contributed by atoms with Gasteiger partial charge in [-0.2, -0.15) is 0 Å². The highest BCUT2D eigenvalue weighted by Gasteiger charge is 2.34. The van der Waals surface area contributed by atoms with E-state index in [0.29, 0.717) is 30.7 Å². The van der Waals surface area contributed by atoms with E-state index in [1.165, 1.54) is 9.75 Å². The van der Waals surface area contributed by atoms with Crippen molar-refractivity contribution in [3.63, 3.8) is 0 Å². The molecule has 0 fully saturated rings. The number of rotatable bonds is 12. The molecule has 14 nitrogen and oxygen atoms in total. The number of esters is 2. The van der Waals surface area contributed by atoms with E-state index < -0.39 is 18.1 Å². The number of aliphatic hydroxyl groups is 2. The van der Waals surface area contributed by atoms with Crippen LogP contribution in [0.5, 0.6) is 0 Å². The van der Waals surface area contributed by atoms with Crippen molar-refractivity contribution in [1.29, 1.82) is 0 Å². The minimum atomic E-state index is -0.595. The number of hydrogen-bond acceptors (Lipinski definition) is 14. The highest BCUT2D eigenvalue weighted by Crippen LogP contribution is 2.41. The van der Waals surface area contributed by atoms with E-state index in [9.17, 15) is 19.8 Å². The molecule has 0 radical (unpaired) electrons. The predicted octanol–water partition coefficient (Wildman–Crippen LogP) is 10.7. The quantitative estimate of drug-likeness (QED) is 0.112. The molecule has 6 aromatic rings. The topological polar surface area (TPSA) is 179 Å². The van der Waals surface area contributed by atoms with Crippen LogP contribution in [0.3, 0.4) is 0 Å². The van der Waals surface area contributed by atoms with Crippen molar-refractivity contribution >= 4 is 101 Å². The molecule has 2 aliphatic heterocycles. The molecule has 4 aromatic heterocycles. The summed E-state index contributed by atoms with van der Waals surface area (Å²) in [7, 11) is 0. The van der Waals surface area contributed by atoms with Crippen molar-refractivity contribution in [2.24, 2.45) is 15.9 Å². The van der Waals surface area contributed by atoms with Crippen LogP contribution in [0, 0.1) is 47.5 Å². The van der Waals surface area contributed by atoms with Crippen LogP contribution >= 0.6 is 77.7 Å². The average molecular weight is 1120 g/mol. The fraction of sp³-hybridized carbons (Fsp3) is 0.362. The maximum Gasteiger partial charge on any atom is 0.308 e. The van der Waals surface area contributed by atoms with Gasteiger partial charge in [0.15, 0.2) is 11.6 Å². The lowest BCUT2D eigenvalue weighted by atomic mass is 9.99. The van der Waals surface area contributed by atoms with E-state index in [1.54, 1.807) is 22.7 Å². The Hall–Kier alpha value is -4.40. The fourth-order valence-corrected chi connectivity index (χ4v) is 10.3. The highest BCUT2D eigenvalue weighted by atomic mass is 79.9. The number of carbonyl (C=O) groups is 2. The standard InChI is InChI=1S/C23H21Br2ClN4O3S.C23H25ClN4O3S.CH4/c1-11-12(2)34-23-20(11)21(14-4-6-15(26)7-5-14)27-18(22-29-28-13(3)30(22)23)8-19(32)33-10-17(25)16(24)9-31;1-12(10-29)11-31-19(30)9-18-22-27-26-15(4)28(22)23-20(13(2)14(3)32-23)21(25-18)16-5-7-17(24)8-6-16;/h4-7,18,31H,8-10H2,1-3H3;5-8,12,18,29H,9-11H2,1-4H3;1H4/b17-16+;;. The van der Waals surface area contributed by atoms with Gasteiger partial charge in [-0.05, 0) is 76.9 Å². The first-order valence-electron chi connectivity index (χ1n) is 20.8. The lowest BCUT2D eigenvalue weighted by Crippen LogP contribution is -2.17. The van der Waals surface area contributed by atoms with E-state index >= 15 is 0 Å². The van der Waals surface area contributed by atoms with E-state index in [1.807, 2.05) is 78.4 Å². The molecular formula is C47H50Br2Cl2N8O6S2. The average Bonchev–Trinajstić information content (AvgIpc) is 3.99. The minimum Gasteiger partial charge on any atom is -0.465 e. The van der Waals surface area contributed by atoms with Gasteiger partial charge in [0.1, 0.15) is 40.3 Å². The summed E-state index contributed by atoms with van der Waals surface area (Å²) in [5.41, 5.74) is 7.67. The van der Waals surface area contributed by atoms with E-state index in [-0.39, 0.29) is 58.6 Å². The Balaban J connectivity index is 0.000000218. The lowest BCUT2D eigenvalue weighted by molar-refractivity contribution is -0.146. The molecule has 0 spiro atoms. The number of aliphatic imine (C=N–C) groups is 2. The van der Waals surface area contributed by atoms with E-state index in [2.05, 4.69) is 79.9 Å². The molecule has 354 valence electrons. The van der Waals surface area contributed by atoms with Crippen LogP contribution in [-0.4, -0.2) is 89.5 Å². The van der Waals surface area contributed by atoms with Crippen molar-refractivity contribution in [2.75, 3.05) is 26.4 Å². The monoisotopic (exact) mass is 1110 g/mol. The molecule has 0 aliphatic carbocycles. The molecule has 3 unspecified atom stereocenters. The van der Waals surface area contributed by atoms with Crippen LogP contribution in [0.4, 0.5) is 0 Å². The van der Waals surface area contributed by atoms with Gasteiger partial charge < -0.3 is 19.7 Å². The number of aromatic nitrogens is 6. The smallest absolute Gasteiger partial charge is 0.308 e. The molecule has 2 N–H and O–H groups in total. The summed E-state index contributed by atoms with van der Waals surface area (Å²) < 4.78 is 15.9. The number of halogens is 4. The zero-order chi connectivity index (χ0) is 47.6. The van der Waals surface area contributed by atoms with E-state index in [4.69, 9.17) is 42.7 Å². The number of ether oxygens (including phenoxy) is 2. The second kappa shape index (κ2) is 22.4. The summed E-state index contributed by atoms with van der Waals surface area (Å²) in [6.07, 6.45) is 0.0135. The van der Waals surface area contributed by atoms with Gasteiger partial charge in [0.05, 0.1) is 37.5 Å². The first-order chi connectivity index (χ1) is 31.5. The highest BCUT2D eigenvalue weighted by molar-refractivity contribution is 9.14. The van der Waals surface area contributed by atoms with Gasteiger partial charge in [0.25, 0.3) is 0 Å². The fourth-order valence-electron chi connectivity index (χ4n) is 7.29. The molecule has 6 heterocycles. The number of aliphatic hydroxyl groups excluding tert-OH is 2. The molecule has 0 bridgehead atoms. The molecule has 2 aromatic carbocycles. The number of benzene rings is 2. The second-order valence-electron chi connectivity index (χ2n) is 15.8. The van der Waals surface area contributed by atoms with Gasteiger partial charge in [-0.1, -0.05) is 93.7 Å². The number of carbonyl (C=O) groups excluding carboxylic acids is 2. The normalized spacial score (nSPS) is 15.7. The molecule has 0 amide bonds. The summed E-state index contributed by atoms with van der Waals surface area (Å²) >= 11 is 22.1. The van der Waals surface area contributed by atoms with Crippen molar-refractivity contribution in [1.82, 2.24) is 29.5 Å². The number of fused-ring (bicyclic) bond motifs is 6. The number of thiophene rings is 2. The number of nitrogens with zero attached hydrogens (tertiary/aromatic N) is 8. The largest absolute Gasteiger partial charge is 0.465 e. The Morgan fingerprint density at radius 2 is 1.10 bits per heavy atom. The number of hydrogen-bond donors (Lipinski definition) is 2. The van der Waals surface area contributed by atoms with Crippen molar-refractivity contribution in [2.45, 2.75) is 80.8 Å². The Labute approximate surface area is 424 Å². The Bertz CT molecular complexity index is 2890. The third kappa shape index (κ3) is 11.2. The van der Waals surface area contributed by atoms with Crippen LogP contribution in [-0.2, 0) is 19.1 Å². The van der Waals surface area contributed by atoms with Crippen molar-refractivity contribution in [3.8, 4) is 10.0 Å². The van der Waals surface area contributed by atoms with Gasteiger partial charge >= 0.3 is 11.9 Å². The minimum absolute atomic E-state index is 0. The van der Waals surface area contributed by atoms with Gasteiger partial charge in [-0.3, -0.25) is 28.7 Å². The molecule has 0 saturated heterocycles. The lowest BCUT2D eigenvalue weighted by Gasteiger charge is -2.14. The zero-order valence-corrected chi connectivity index (χ0v) is 43.3. The molecule has 8 rings (SSSR count). The third-order valence-electron chi connectivity index (χ3n) is 11.1. The summed E-state index contributed by atoms with van der Waals surface area (Å²) in [6, 6.07) is 13.9. The van der Waals surface area contributed by atoms with Gasteiger partial charge in [0.2, 0.25) is 0 Å². The van der Waals surface area contributed by atoms with Crippen molar-refractivity contribution in [3.05, 3.63) is 134 Å². The zero-order valence-electron chi connectivity index (χ0n) is 37.0. The summed E-state index contributed by atoms with van der Waals surface area (Å²) in [5.74, 6) is 1.71. The van der Waals surface area contributed by atoms with Crippen molar-refractivity contribution < 1.29 is 29.3 Å². The molecule has 0 saturated carbocycles. The third-order valence-corrected chi connectivity index (χ3v) is 15.9. The van der Waals surface area contributed by atoms with Gasteiger partial charge in [-0.15, -0.1) is 43.1 Å². The van der Waals surface area contributed by atoms with Gasteiger partial charge in [0, 0.05) is 63.5 Å². The molecule has 2 aliphatic rings. The first-order valence-corrected chi connectivity index (χ1v) is 24.8. The van der Waals surface area contributed by atoms with Crippen LogP contribution in [0.15, 0.2) is 67.5 Å². The van der Waals surface area contributed by atoms with Crippen LogP contribution in [0.25, 0.3) is 10.0 Å². The predicted molar refractivity (Wildman–Crippen MR) is 273 cm³/mol. The second-order valence-corrected chi connectivity index (χ2v) is 21.0. The van der Waals surface area contributed by atoms with Crippen LogP contribution in [0.2, 0.25) is 10.0 Å². The van der Waals surface area contributed by atoms with Crippen LogP contribution in [0.1, 0.15) is 106 Å². The Morgan fingerprint density at radius 1 is 0.687 bits per heavy atom. The number of aryl methyl sites for hydroxylation is 4. The van der Waals surface area contributed by atoms with Crippen LogP contribution < -0.4 is 0 Å². The Morgan fingerprint density at radius 3 is 1.51 bits per heavy atom. The summed E-state index contributed by atoms with van der Waals surface area (Å²) in [4.78, 5) is 37.9. The molecule has 20 heteroatoms. The Kier molecular flexibility index (Phi) is 17.3. The molecular weight excluding hydrogens is 1070 g/mol. The molecule has 67 heavy (non-hydrogen) atoms.